The summed E-state index contributed by atoms with van der Waals surface area (Å²) >= 11 is 0. The summed E-state index contributed by atoms with van der Waals surface area (Å²) < 4.78 is 12.6. The molecule has 3 rings (SSSR count). The van der Waals surface area contributed by atoms with Crippen LogP contribution in [0.1, 0.15) is 17.0 Å². The zero-order valence-corrected chi connectivity index (χ0v) is 13.8. The molecule has 1 N–H and O–H groups in total. The van der Waals surface area contributed by atoms with Crippen molar-refractivity contribution in [2.45, 2.75) is 20.4 Å². The molecule has 120 valence electrons. The Bertz CT molecular complexity index is 842. The SMILES string of the molecule is COc1cccc(CNc2cc(C)nc3cc(C)nn23)c1OC. The summed E-state index contributed by atoms with van der Waals surface area (Å²) in [6.07, 6.45) is 0. The fourth-order valence-electron chi connectivity index (χ4n) is 2.62. The first-order valence-electron chi connectivity index (χ1n) is 7.40. The van der Waals surface area contributed by atoms with Crippen molar-refractivity contribution in [3.05, 3.63) is 47.3 Å². The number of fused-ring (bicyclic) bond motifs is 1. The lowest BCUT2D eigenvalue weighted by Gasteiger charge is -2.14. The van der Waals surface area contributed by atoms with E-state index in [9.17, 15) is 0 Å². The van der Waals surface area contributed by atoms with Gasteiger partial charge in [-0.1, -0.05) is 12.1 Å². The van der Waals surface area contributed by atoms with Gasteiger partial charge >= 0.3 is 0 Å². The van der Waals surface area contributed by atoms with Crippen molar-refractivity contribution in [2.75, 3.05) is 19.5 Å². The third kappa shape index (κ3) is 2.92. The highest BCUT2D eigenvalue weighted by atomic mass is 16.5. The Balaban J connectivity index is 1.92. The van der Waals surface area contributed by atoms with Crippen molar-refractivity contribution in [3.8, 4) is 11.5 Å². The maximum absolute atomic E-state index is 5.47. The minimum atomic E-state index is 0.595. The molecule has 2 heterocycles. The van der Waals surface area contributed by atoms with E-state index in [1.165, 1.54) is 0 Å². The summed E-state index contributed by atoms with van der Waals surface area (Å²) in [5.74, 6) is 2.35. The number of hydrogen-bond donors (Lipinski definition) is 1. The predicted octanol–water partition coefficient (Wildman–Crippen LogP) is 2.98. The largest absolute Gasteiger partial charge is 0.493 e. The van der Waals surface area contributed by atoms with Gasteiger partial charge in [0.1, 0.15) is 5.82 Å². The van der Waals surface area contributed by atoms with Crippen LogP contribution in [0.2, 0.25) is 0 Å². The maximum atomic E-state index is 5.47. The number of aryl methyl sites for hydroxylation is 2. The quantitative estimate of drug-likeness (QED) is 0.785. The van der Waals surface area contributed by atoms with E-state index in [0.29, 0.717) is 6.54 Å². The van der Waals surface area contributed by atoms with Gasteiger partial charge < -0.3 is 14.8 Å². The molecule has 6 heteroatoms. The molecule has 0 fully saturated rings. The molecule has 2 aromatic heterocycles. The fourth-order valence-corrected chi connectivity index (χ4v) is 2.62. The number of nitrogens with one attached hydrogen (secondary N) is 1. The Morgan fingerprint density at radius 1 is 1.09 bits per heavy atom. The lowest BCUT2D eigenvalue weighted by atomic mass is 10.2. The number of nitrogens with zero attached hydrogens (tertiary/aromatic N) is 3. The van der Waals surface area contributed by atoms with E-state index in [0.717, 1.165) is 39.9 Å². The molecule has 0 atom stereocenters. The first-order valence-corrected chi connectivity index (χ1v) is 7.40. The molecular formula is C17H20N4O2. The second kappa shape index (κ2) is 6.16. The standard InChI is InChI=1S/C17H20N4O2/c1-11-8-15(21-16(19-11)9-12(2)20-21)18-10-13-6-5-7-14(22-3)17(13)23-4/h5-9,18H,10H2,1-4H3. The van der Waals surface area contributed by atoms with Gasteiger partial charge in [-0.3, -0.25) is 0 Å². The Morgan fingerprint density at radius 3 is 2.65 bits per heavy atom. The minimum Gasteiger partial charge on any atom is -0.493 e. The Kier molecular flexibility index (Phi) is 4.06. The second-order valence-corrected chi connectivity index (χ2v) is 5.34. The lowest BCUT2D eigenvalue weighted by molar-refractivity contribution is 0.352. The maximum Gasteiger partial charge on any atom is 0.165 e. The van der Waals surface area contributed by atoms with Crippen molar-refractivity contribution in [2.24, 2.45) is 0 Å². The molecule has 0 saturated carbocycles. The van der Waals surface area contributed by atoms with Crippen LogP contribution in [0.5, 0.6) is 11.5 Å². The zero-order valence-electron chi connectivity index (χ0n) is 13.8. The summed E-state index contributed by atoms with van der Waals surface area (Å²) in [4.78, 5) is 4.49. The average molecular weight is 312 g/mol. The van der Waals surface area contributed by atoms with E-state index >= 15 is 0 Å². The first kappa shape index (κ1) is 15.1. The number of ether oxygens (including phenoxy) is 2. The van der Waals surface area contributed by atoms with Crippen molar-refractivity contribution in [3.63, 3.8) is 0 Å². The van der Waals surface area contributed by atoms with Crippen LogP contribution in [0.15, 0.2) is 30.3 Å². The lowest BCUT2D eigenvalue weighted by Crippen LogP contribution is -2.08. The number of aromatic nitrogens is 3. The summed E-state index contributed by atoms with van der Waals surface area (Å²) in [5, 5.41) is 7.89. The molecule has 0 saturated heterocycles. The van der Waals surface area contributed by atoms with Crippen LogP contribution < -0.4 is 14.8 Å². The topological polar surface area (TPSA) is 60.7 Å². The highest BCUT2D eigenvalue weighted by Gasteiger charge is 2.11. The smallest absolute Gasteiger partial charge is 0.165 e. The van der Waals surface area contributed by atoms with E-state index in [4.69, 9.17) is 9.47 Å². The van der Waals surface area contributed by atoms with Crippen molar-refractivity contribution in [1.29, 1.82) is 0 Å². The molecule has 0 aliphatic carbocycles. The summed E-state index contributed by atoms with van der Waals surface area (Å²) in [6.45, 7) is 4.52. The van der Waals surface area contributed by atoms with E-state index in [2.05, 4.69) is 15.4 Å². The second-order valence-electron chi connectivity index (χ2n) is 5.34. The Labute approximate surface area is 135 Å². The number of anilines is 1. The number of para-hydroxylation sites is 1. The number of benzene rings is 1. The van der Waals surface area contributed by atoms with Crippen LogP contribution in [0.3, 0.4) is 0 Å². The predicted molar refractivity (Wildman–Crippen MR) is 89.3 cm³/mol. The van der Waals surface area contributed by atoms with Gasteiger partial charge in [0.25, 0.3) is 0 Å². The van der Waals surface area contributed by atoms with E-state index in [1.54, 1.807) is 14.2 Å². The van der Waals surface area contributed by atoms with E-state index < -0.39 is 0 Å². The Hall–Kier alpha value is -2.76. The third-order valence-corrected chi connectivity index (χ3v) is 3.62. The van der Waals surface area contributed by atoms with E-state index in [-0.39, 0.29) is 0 Å². The van der Waals surface area contributed by atoms with Crippen LogP contribution in [-0.4, -0.2) is 28.8 Å². The first-order chi connectivity index (χ1) is 11.1. The third-order valence-electron chi connectivity index (χ3n) is 3.62. The molecular weight excluding hydrogens is 292 g/mol. The van der Waals surface area contributed by atoms with Crippen LogP contribution in [0, 0.1) is 13.8 Å². The summed E-state index contributed by atoms with van der Waals surface area (Å²) in [7, 11) is 3.28. The minimum absolute atomic E-state index is 0.595. The van der Waals surface area contributed by atoms with E-state index in [1.807, 2.05) is 48.7 Å². The molecule has 23 heavy (non-hydrogen) atoms. The molecule has 0 amide bonds. The molecule has 0 radical (unpaired) electrons. The van der Waals surface area contributed by atoms with Gasteiger partial charge in [-0.25, -0.2) is 4.98 Å². The summed E-state index contributed by atoms with van der Waals surface area (Å²) in [5.41, 5.74) is 3.73. The molecule has 3 aromatic rings. The van der Waals surface area contributed by atoms with Crippen molar-refractivity contribution < 1.29 is 9.47 Å². The van der Waals surface area contributed by atoms with Crippen LogP contribution in [0.25, 0.3) is 5.65 Å². The van der Waals surface area contributed by atoms with Gasteiger partial charge in [0.05, 0.1) is 19.9 Å². The average Bonchev–Trinajstić information content (AvgIpc) is 2.91. The van der Waals surface area contributed by atoms with Crippen LogP contribution in [0.4, 0.5) is 5.82 Å². The van der Waals surface area contributed by atoms with Gasteiger partial charge in [0, 0.05) is 29.9 Å². The zero-order chi connectivity index (χ0) is 16.4. The number of rotatable bonds is 5. The number of hydrogen-bond acceptors (Lipinski definition) is 5. The van der Waals surface area contributed by atoms with Gasteiger partial charge in [-0.05, 0) is 19.9 Å². The van der Waals surface area contributed by atoms with Gasteiger partial charge in [0.2, 0.25) is 0 Å². The molecule has 0 aliphatic rings. The van der Waals surface area contributed by atoms with Crippen molar-refractivity contribution in [1.82, 2.24) is 14.6 Å². The van der Waals surface area contributed by atoms with Crippen LogP contribution in [-0.2, 0) is 6.54 Å². The monoisotopic (exact) mass is 312 g/mol. The van der Waals surface area contributed by atoms with Crippen LogP contribution >= 0.6 is 0 Å². The molecule has 1 aromatic carbocycles. The molecule has 0 unspecified atom stereocenters. The molecule has 0 aliphatic heterocycles. The van der Waals surface area contributed by atoms with Crippen molar-refractivity contribution >= 4 is 11.5 Å². The molecule has 0 bridgehead atoms. The fraction of sp³-hybridized carbons (Fsp3) is 0.294. The highest BCUT2D eigenvalue weighted by Crippen LogP contribution is 2.31. The molecule has 6 nitrogen and oxygen atoms in total. The molecule has 0 spiro atoms. The Morgan fingerprint density at radius 2 is 1.91 bits per heavy atom. The van der Waals surface area contributed by atoms with Gasteiger partial charge in [0.15, 0.2) is 17.1 Å². The highest BCUT2D eigenvalue weighted by molar-refractivity contribution is 5.52. The summed E-state index contributed by atoms with van der Waals surface area (Å²) in [6, 6.07) is 9.78. The van der Waals surface area contributed by atoms with Gasteiger partial charge in [-0.15, -0.1) is 0 Å². The number of methoxy groups -OCH3 is 2. The van der Waals surface area contributed by atoms with Gasteiger partial charge in [-0.2, -0.15) is 9.61 Å². The normalized spacial score (nSPS) is 10.8.